The minimum absolute atomic E-state index is 0.0552. The molecule has 36 heavy (non-hydrogen) atoms. The maximum Gasteiger partial charge on any atom is 0.267 e. The topological polar surface area (TPSA) is 122 Å². The molecule has 0 saturated carbocycles. The number of nitrogens with zero attached hydrogens (tertiary/aromatic N) is 3. The predicted molar refractivity (Wildman–Crippen MR) is 132 cm³/mol. The molecule has 4 N–H and O–H groups in total. The van der Waals surface area contributed by atoms with Gasteiger partial charge < -0.3 is 21.1 Å². The van der Waals surface area contributed by atoms with Crippen LogP contribution in [0.3, 0.4) is 0 Å². The normalized spacial score (nSPS) is 17.7. The van der Waals surface area contributed by atoms with Gasteiger partial charge in [-0.2, -0.15) is 0 Å². The van der Waals surface area contributed by atoms with Crippen molar-refractivity contribution in [2.75, 3.05) is 25.0 Å². The number of amides is 2. The fourth-order valence-electron chi connectivity index (χ4n) is 4.48. The quantitative estimate of drug-likeness (QED) is 0.444. The number of anilines is 1. The number of ether oxygens (including phenoxy) is 1. The van der Waals surface area contributed by atoms with Crippen molar-refractivity contribution in [2.24, 2.45) is 5.73 Å². The lowest BCUT2D eigenvalue weighted by molar-refractivity contribution is -0.119. The highest BCUT2D eigenvalue weighted by atomic mass is 19.1. The van der Waals surface area contributed by atoms with Crippen LogP contribution in [0.4, 0.5) is 10.2 Å². The Bertz CT molecular complexity index is 1280. The van der Waals surface area contributed by atoms with E-state index in [4.69, 9.17) is 10.5 Å². The van der Waals surface area contributed by atoms with Crippen LogP contribution in [0.1, 0.15) is 35.3 Å². The van der Waals surface area contributed by atoms with Crippen molar-refractivity contribution in [2.45, 2.75) is 31.8 Å². The van der Waals surface area contributed by atoms with Gasteiger partial charge in [-0.3, -0.25) is 14.5 Å². The number of likely N-dealkylation sites (tertiary alicyclic amines) is 1. The number of primary amides is 1. The Morgan fingerprint density at radius 1 is 1.11 bits per heavy atom. The molecule has 9 nitrogen and oxygen atoms in total. The molecule has 0 unspecified atom stereocenters. The molecule has 1 atom stereocenters. The van der Waals surface area contributed by atoms with Crippen LogP contribution in [0, 0.1) is 5.82 Å². The van der Waals surface area contributed by atoms with Crippen molar-refractivity contribution in [3.05, 3.63) is 65.6 Å². The Morgan fingerprint density at radius 3 is 2.56 bits per heavy atom. The van der Waals surface area contributed by atoms with Gasteiger partial charge in [-0.1, -0.05) is 0 Å². The second-order valence-electron chi connectivity index (χ2n) is 8.96. The van der Waals surface area contributed by atoms with Crippen LogP contribution in [-0.4, -0.2) is 52.4 Å². The molecular formula is C26H27FN6O3. The summed E-state index contributed by atoms with van der Waals surface area (Å²) in [5.74, 6) is 0.654. The molecule has 0 bridgehead atoms. The van der Waals surface area contributed by atoms with E-state index >= 15 is 0 Å². The highest BCUT2D eigenvalue weighted by Crippen LogP contribution is 2.31. The summed E-state index contributed by atoms with van der Waals surface area (Å²) >= 11 is 0. The van der Waals surface area contributed by atoms with Gasteiger partial charge in [0.2, 0.25) is 5.91 Å². The monoisotopic (exact) mass is 490 g/mol. The highest BCUT2D eigenvalue weighted by Gasteiger charge is 2.25. The van der Waals surface area contributed by atoms with Crippen molar-refractivity contribution >= 4 is 17.6 Å². The van der Waals surface area contributed by atoms with E-state index in [1.807, 2.05) is 12.1 Å². The summed E-state index contributed by atoms with van der Waals surface area (Å²) < 4.78 is 19.3. The van der Waals surface area contributed by atoms with Gasteiger partial charge in [-0.25, -0.2) is 14.4 Å². The molecule has 5 rings (SSSR count). The molecule has 3 aromatic rings. The number of nitrogens with one attached hydrogen (secondary N) is 2. The van der Waals surface area contributed by atoms with E-state index in [1.165, 1.54) is 18.2 Å². The standard InChI is InChI=1S/C26H27FN6O3/c27-17-3-5-18(6-4-17)36-19-7-8-20(16(13-19)15-33-11-1-2-12-33)25-31-22(24(28)34)14-23(32-25)30-21-9-10-29-26(21)35/h3-8,13-14,21H,1-2,9-12,15H2,(H2,28,34)(H,29,35)(H,30,31,32)/t21-/m0/s1. The molecule has 2 aliphatic heterocycles. The van der Waals surface area contributed by atoms with Crippen molar-refractivity contribution in [3.63, 3.8) is 0 Å². The lowest BCUT2D eigenvalue weighted by Gasteiger charge is -2.19. The van der Waals surface area contributed by atoms with Crippen LogP contribution in [0.2, 0.25) is 0 Å². The summed E-state index contributed by atoms with van der Waals surface area (Å²) in [7, 11) is 0. The first-order valence-electron chi connectivity index (χ1n) is 12.0. The number of hydrogen-bond acceptors (Lipinski definition) is 7. The predicted octanol–water partition coefficient (Wildman–Crippen LogP) is 3.07. The molecule has 2 saturated heterocycles. The van der Waals surface area contributed by atoms with Gasteiger partial charge in [0.05, 0.1) is 0 Å². The average molecular weight is 491 g/mol. The lowest BCUT2D eigenvalue weighted by atomic mass is 10.1. The molecule has 1 aromatic heterocycles. The second-order valence-corrected chi connectivity index (χ2v) is 8.96. The number of rotatable bonds is 8. The Kier molecular flexibility index (Phi) is 6.77. The molecule has 2 fully saturated rings. The highest BCUT2D eigenvalue weighted by molar-refractivity contribution is 5.92. The third kappa shape index (κ3) is 5.44. The zero-order valence-electron chi connectivity index (χ0n) is 19.7. The first-order valence-corrected chi connectivity index (χ1v) is 12.0. The van der Waals surface area contributed by atoms with Gasteiger partial charge >= 0.3 is 0 Å². The Morgan fingerprint density at radius 2 is 1.86 bits per heavy atom. The maximum absolute atomic E-state index is 13.3. The summed E-state index contributed by atoms with van der Waals surface area (Å²) in [4.78, 5) is 35.5. The number of carbonyl (C=O) groups excluding carboxylic acids is 2. The first-order chi connectivity index (χ1) is 17.4. The zero-order valence-corrected chi connectivity index (χ0v) is 19.7. The molecule has 3 heterocycles. The smallest absolute Gasteiger partial charge is 0.267 e. The maximum atomic E-state index is 13.3. The zero-order chi connectivity index (χ0) is 25.1. The van der Waals surface area contributed by atoms with Gasteiger partial charge in [-0.15, -0.1) is 0 Å². The molecule has 2 aliphatic rings. The van der Waals surface area contributed by atoms with Crippen molar-refractivity contribution < 1.29 is 18.7 Å². The SMILES string of the molecule is NC(=O)c1cc(N[C@H]2CCNC2=O)nc(-c2ccc(Oc3ccc(F)cc3)cc2CN2CCCC2)n1. The van der Waals surface area contributed by atoms with Crippen LogP contribution >= 0.6 is 0 Å². The Hall–Kier alpha value is -4.05. The third-order valence-corrected chi connectivity index (χ3v) is 6.31. The van der Waals surface area contributed by atoms with Crippen LogP contribution < -0.4 is 21.1 Å². The number of halogens is 1. The minimum atomic E-state index is -0.685. The van der Waals surface area contributed by atoms with E-state index in [2.05, 4.69) is 25.5 Å². The molecule has 0 spiro atoms. The Balaban J connectivity index is 1.51. The number of hydrogen-bond donors (Lipinski definition) is 3. The van der Waals surface area contributed by atoms with E-state index < -0.39 is 11.9 Å². The van der Waals surface area contributed by atoms with Crippen LogP contribution in [0.25, 0.3) is 11.4 Å². The average Bonchev–Trinajstić information content (AvgIpc) is 3.52. The summed E-state index contributed by atoms with van der Waals surface area (Å²) in [6, 6.07) is 12.4. The first kappa shape index (κ1) is 23.7. The van der Waals surface area contributed by atoms with Crippen molar-refractivity contribution in [1.29, 1.82) is 0 Å². The number of nitrogens with two attached hydrogens (primary N) is 1. The minimum Gasteiger partial charge on any atom is -0.457 e. The molecule has 0 radical (unpaired) electrons. The molecule has 0 aliphatic carbocycles. The second kappa shape index (κ2) is 10.3. The largest absolute Gasteiger partial charge is 0.457 e. The van der Waals surface area contributed by atoms with Crippen LogP contribution in [0.5, 0.6) is 11.5 Å². The van der Waals surface area contributed by atoms with E-state index in [-0.39, 0.29) is 17.4 Å². The molecular weight excluding hydrogens is 463 g/mol. The lowest BCUT2D eigenvalue weighted by Crippen LogP contribution is -2.30. The van der Waals surface area contributed by atoms with Crippen LogP contribution in [-0.2, 0) is 11.3 Å². The van der Waals surface area contributed by atoms with Gasteiger partial charge in [-0.05, 0) is 80.4 Å². The van der Waals surface area contributed by atoms with E-state index in [1.54, 1.807) is 18.2 Å². The van der Waals surface area contributed by atoms with E-state index in [0.717, 1.165) is 37.1 Å². The van der Waals surface area contributed by atoms with Gasteiger partial charge in [0.15, 0.2) is 5.82 Å². The number of aromatic nitrogens is 2. The molecule has 186 valence electrons. The Labute approximate surface area is 207 Å². The van der Waals surface area contributed by atoms with Gasteiger partial charge in [0.25, 0.3) is 5.91 Å². The summed E-state index contributed by atoms with van der Waals surface area (Å²) in [5, 5.41) is 5.88. The van der Waals surface area contributed by atoms with Crippen molar-refractivity contribution in [3.8, 4) is 22.9 Å². The summed E-state index contributed by atoms with van der Waals surface area (Å²) in [6.07, 6.45) is 2.87. The summed E-state index contributed by atoms with van der Waals surface area (Å²) in [5.41, 5.74) is 7.27. The molecule has 2 aromatic carbocycles. The van der Waals surface area contributed by atoms with Crippen molar-refractivity contribution in [1.82, 2.24) is 20.2 Å². The van der Waals surface area contributed by atoms with E-state index in [9.17, 15) is 14.0 Å². The van der Waals surface area contributed by atoms with Crippen LogP contribution in [0.15, 0.2) is 48.5 Å². The number of carbonyl (C=O) groups is 2. The fraction of sp³-hybridized carbons (Fsp3) is 0.308. The summed E-state index contributed by atoms with van der Waals surface area (Å²) in [6.45, 7) is 3.18. The van der Waals surface area contributed by atoms with Gasteiger partial charge in [0.1, 0.15) is 34.9 Å². The molecule has 2 amide bonds. The van der Waals surface area contributed by atoms with E-state index in [0.29, 0.717) is 42.7 Å². The van der Waals surface area contributed by atoms with Gasteiger partial charge in [0, 0.05) is 24.7 Å². The third-order valence-electron chi connectivity index (χ3n) is 6.31. The molecule has 10 heteroatoms. The number of benzene rings is 2. The fourth-order valence-corrected chi connectivity index (χ4v) is 4.48.